The van der Waals surface area contributed by atoms with E-state index in [2.05, 4.69) is 31.2 Å². The van der Waals surface area contributed by atoms with Crippen LogP contribution in [-0.4, -0.2) is 44.9 Å². The van der Waals surface area contributed by atoms with Crippen molar-refractivity contribution in [3.05, 3.63) is 65.2 Å². The van der Waals surface area contributed by atoms with Gasteiger partial charge < -0.3 is 4.90 Å². The molecule has 0 saturated carbocycles. The average molecular weight is 394 g/mol. The lowest BCUT2D eigenvalue weighted by Crippen LogP contribution is -3.18. The number of piperazine rings is 1. The summed E-state index contributed by atoms with van der Waals surface area (Å²) in [5.74, 6) is 0. The zero-order chi connectivity index (χ0) is 18.6. The topological polar surface area (TPSA) is 41.8 Å². The first-order valence-electron chi connectivity index (χ1n) is 9.11. The molecule has 4 nitrogen and oxygen atoms in total. The molecule has 0 bridgehead atoms. The minimum atomic E-state index is -3.42. The van der Waals surface area contributed by atoms with Crippen molar-refractivity contribution in [2.45, 2.75) is 30.7 Å². The number of benzene rings is 2. The number of nitrogens with one attached hydrogen (secondary N) is 1. The van der Waals surface area contributed by atoms with Crippen LogP contribution in [0, 0.1) is 0 Å². The minimum absolute atomic E-state index is 0.322. The van der Waals surface area contributed by atoms with Crippen molar-refractivity contribution in [1.29, 1.82) is 0 Å². The molecule has 2 aromatic carbocycles. The van der Waals surface area contributed by atoms with Crippen LogP contribution in [-0.2, 0) is 16.4 Å². The molecular weight excluding hydrogens is 368 g/mol. The summed E-state index contributed by atoms with van der Waals surface area (Å²) in [6, 6.07) is 17.5. The maximum Gasteiger partial charge on any atom is 0.243 e. The Hall–Kier alpha value is -1.40. The largest absolute Gasteiger partial charge is 0.331 e. The lowest BCUT2D eigenvalue weighted by atomic mass is 10.0. The maximum atomic E-state index is 12.8. The van der Waals surface area contributed by atoms with E-state index in [4.69, 9.17) is 11.6 Å². The van der Waals surface area contributed by atoms with Gasteiger partial charge in [0.25, 0.3) is 0 Å². The first kappa shape index (κ1) is 19.4. The lowest BCUT2D eigenvalue weighted by molar-refractivity contribution is -0.927. The normalized spacial score (nSPS) is 17.9. The van der Waals surface area contributed by atoms with Crippen molar-refractivity contribution in [3.63, 3.8) is 0 Å². The lowest BCUT2D eigenvalue weighted by Gasteiger charge is -2.34. The monoisotopic (exact) mass is 393 g/mol. The quantitative estimate of drug-likeness (QED) is 0.817. The Morgan fingerprint density at radius 2 is 1.65 bits per heavy atom. The number of sulfonamides is 1. The molecule has 0 unspecified atom stereocenters. The summed E-state index contributed by atoms with van der Waals surface area (Å²) in [6.45, 7) is 5.10. The molecule has 0 aromatic heterocycles. The van der Waals surface area contributed by atoms with Crippen molar-refractivity contribution in [2.24, 2.45) is 0 Å². The summed E-state index contributed by atoms with van der Waals surface area (Å²) >= 11 is 5.86. The summed E-state index contributed by atoms with van der Waals surface area (Å²) < 4.78 is 27.1. The highest BCUT2D eigenvalue weighted by atomic mass is 35.5. The summed E-state index contributed by atoms with van der Waals surface area (Å²) in [5.41, 5.74) is 1.36. The Morgan fingerprint density at radius 3 is 2.27 bits per heavy atom. The van der Waals surface area contributed by atoms with Gasteiger partial charge in [-0.3, -0.25) is 0 Å². The van der Waals surface area contributed by atoms with Gasteiger partial charge >= 0.3 is 0 Å². The van der Waals surface area contributed by atoms with Crippen LogP contribution >= 0.6 is 11.6 Å². The molecule has 1 saturated heterocycles. The van der Waals surface area contributed by atoms with Gasteiger partial charge in [0, 0.05) is 11.4 Å². The van der Waals surface area contributed by atoms with E-state index in [1.54, 1.807) is 28.6 Å². The molecule has 26 heavy (non-hydrogen) atoms. The van der Waals surface area contributed by atoms with Crippen molar-refractivity contribution in [2.75, 3.05) is 26.2 Å². The summed E-state index contributed by atoms with van der Waals surface area (Å²) in [5, 5.41) is 0.547. The zero-order valence-corrected chi connectivity index (χ0v) is 16.6. The molecular formula is C20H26ClN2O2S+. The van der Waals surface area contributed by atoms with E-state index in [9.17, 15) is 8.42 Å². The van der Waals surface area contributed by atoms with E-state index in [0.29, 0.717) is 29.0 Å². The average Bonchev–Trinajstić information content (AvgIpc) is 2.67. The number of aryl methyl sites for hydroxylation is 1. The number of nitrogens with zero attached hydrogens (tertiary/aromatic N) is 1. The Labute approximate surface area is 161 Å². The third kappa shape index (κ3) is 4.65. The van der Waals surface area contributed by atoms with E-state index in [1.165, 1.54) is 10.5 Å². The van der Waals surface area contributed by atoms with Crippen molar-refractivity contribution >= 4 is 21.6 Å². The Morgan fingerprint density at radius 1 is 1.04 bits per heavy atom. The number of halogens is 1. The Bertz CT molecular complexity index is 801. The molecule has 1 aliphatic heterocycles. The second-order valence-electron chi connectivity index (χ2n) is 6.94. The Balaban J connectivity index is 1.54. The van der Waals surface area contributed by atoms with Crippen molar-refractivity contribution < 1.29 is 13.3 Å². The second-order valence-corrected chi connectivity index (χ2v) is 9.32. The molecule has 0 radical (unpaired) electrons. The van der Waals surface area contributed by atoms with Gasteiger partial charge in [-0.15, -0.1) is 0 Å². The molecule has 1 heterocycles. The van der Waals surface area contributed by atoms with Gasteiger partial charge in [-0.2, -0.15) is 4.31 Å². The number of rotatable bonds is 6. The maximum absolute atomic E-state index is 12.8. The van der Waals surface area contributed by atoms with Crippen LogP contribution in [0.4, 0.5) is 0 Å². The van der Waals surface area contributed by atoms with Gasteiger partial charge in [0.1, 0.15) is 0 Å². The van der Waals surface area contributed by atoms with Crippen LogP contribution in [0.15, 0.2) is 59.5 Å². The second kappa shape index (κ2) is 8.53. The summed E-state index contributed by atoms with van der Waals surface area (Å²) in [7, 11) is -3.42. The van der Waals surface area contributed by atoms with Crippen molar-refractivity contribution in [3.8, 4) is 0 Å². The number of hydrogen-bond donors (Lipinski definition) is 1. The smallest absolute Gasteiger partial charge is 0.243 e. The molecule has 1 N–H and O–H groups in total. The van der Waals surface area contributed by atoms with Crippen LogP contribution in [0.5, 0.6) is 0 Å². The van der Waals surface area contributed by atoms with Crippen LogP contribution < -0.4 is 4.90 Å². The fourth-order valence-corrected chi connectivity index (χ4v) is 5.06. The molecule has 2 aromatic rings. The van der Waals surface area contributed by atoms with E-state index in [0.717, 1.165) is 25.9 Å². The van der Waals surface area contributed by atoms with Crippen LogP contribution in [0.1, 0.15) is 18.9 Å². The molecule has 0 aliphatic carbocycles. The van der Waals surface area contributed by atoms with E-state index < -0.39 is 10.0 Å². The fourth-order valence-electron chi connectivity index (χ4n) is 3.49. The molecule has 6 heteroatoms. The molecule has 1 aliphatic rings. The molecule has 3 rings (SSSR count). The number of quaternary nitrogens is 1. The van der Waals surface area contributed by atoms with Gasteiger partial charge in [-0.1, -0.05) is 41.9 Å². The van der Waals surface area contributed by atoms with Gasteiger partial charge in [0.05, 0.1) is 37.1 Å². The fraction of sp³-hybridized carbons (Fsp3) is 0.400. The molecule has 0 amide bonds. The summed E-state index contributed by atoms with van der Waals surface area (Å²) in [6.07, 6.45) is 2.18. The molecule has 1 atom stereocenters. The molecule has 1 fully saturated rings. The van der Waals surface area contributed by atoms with E-state index in [-0.39, 0.29) is 0 Å². The van der Waals surface area contributed by atoms with Gasteiger partial charge in [-0.05, 0) is 43.2 Å². The SMILES string of the molecule is C[C@H](CCc1ccccc1)[NH+]1CCN(S(=O)(=O)c2ccc(Cl)cc2)CC1. The van der Waals surface area contributed by atoms with Gasteiger partial charge in [-0.25, -0.2) is 8.42 Å². The highest BCUT2D eigenvalue weighted by Crippen LogP contribution is 2.18. The first-order valence-corrected chi connectivity index (χ1v) is 10.9. The number of hydrogen-bond acceptors (Lipinski definition) is 2. The third-order valence-electron chi connectivity index (χ3n) is 5.22. The predicted octanol–water partition coefficient (Wildman–Crippen LogP) is 2.25. The van der Waals surface area contributed by atoms with E-state index in [1.807, 2.05) is 6.07 Å². The van der Waals surface area contributed by atoms with Crippen molar-refractivity contribution in [1.82, 2.24) is 4.31 Å². The van der Waals surface area contributed by atoms with Crippen LogP contribution in [0.3, 0.4) is 0 Å². The zero-order valence-electron chi connectivity index (χ0n) is 15.1. The summed E-state index contributed by atoms with van der Waals surface area (Å²) in [4.78, 5) is 1.81. The van der Waals surface area contributed by atoms with Crippen LogP contribution in [0.25, 0.3) is 0 Å². The molecule has 0 spiro atoms. The Kier molecular flexibility index (Phi) is 6.35. The highest BCUT2D eigenvalue weighted by molar-refractivity contribution is 7.89. The first-order chi connectivity index (χ1) is 12.5. The molecule has 140 valence electrons. The predicted molar refractivity (Wildman–Crippen MR) is 105 cm³/mol. The van der Waals surface area contributed by atoms with Gasteiger partial charge in [0.15, 0.2) is 0 Å². The standard InChI is InChI=1S/C20H25ClN2O2S/c1-17(7-8-18-5-3-2-4-6-18)22-13-15-23(16-14-22)26(24,25)20-11-9-19(21)10-12-20/h2-6,9-12,17H,7-8,13-16H2,1H3/p+1/t17-/m1/s1. The van der Waals surface area contributed by atoms with Crippen LogP contribution in [0.2, 0.25) is 5.02 Å². The van der Waals surface area contributed by atoms with E-state index >= 15 is 0 Å². The van der Waals surface area contributed by atoms with Gasteiger partial charge in [0.2, 0.25) is 10.0 Å². The third-order valence-corrected chi connectivity index (χ3v) is 7.39. The minimum Gasteiger partial charge on any atom is -0.331 e. The highest BCUT2D eigenvalue weighted by Gasteiger charge is 2.32.